The first-order valence-corrected chi connectivity index (χ1v) is 8.07. The highest BCUT2D eigenvalue weighted by Crippen LogP contribution is 2.22. The zero-order chi connectivity index (χ0) is 12.5. The fourth-order valence-electron chi connectivity index (χ4n) is 1.88. The molecule has 0 saturated carbocycles. The topological polar surface area (TPSA) is 76.1 Å². The van der Waals surface area contributed by atoms with Crippen LogP contribution in [0.2, 0.25) is 0 Å². The lowest BCUT2D eigenvalue weighted by Crippen LogP contribution is -2.17. The number of aryl methyl sites for hydroxylation is 1. The van der Waals surface area contributed by atoms with Gasteiger partial charge in [0.1, 0.15) is 0 Å². The number of carbonyl (C=O) groups is 1. The lowest BCUT2D eigenvalue weighted by molar-refractivity contribution is -0.116. The van der Waals surface area contributed by atoms with E-state index in [1.54, 1.807) is 0 Å². The SMILES string of the molecule is Cc1csc(NC(=O)C[C@H]2CCS(=O)(=O)C2)n1. The van der Waals surface area contributed by atoms with Crippen LogP contribution in [0.3, 0.4) is 0 Å². The Bertz CT molecular complexity index is 521. The second-order valence-corrected chi connectivity index (χ2v) is 7.40. The predicted octanol–water partition coefficient (Wildman–Crippen LogP) is 1.21. The molecule has 0 spiro atoms. The summed E-state index contributed by atoms with van der Waals surface area (Å²) >= 11 is 1.37. The average Bonchev–Trinajstić information content (AvgIpc) is 2.73. The Kier molecular flexibility index (Phi) is 3.48. The van der Waals surface area contributed by atoms with E-state index < -0.39 is 9.84 Å². The molecule has 1 saturated heterocycles. The maximum Gasteiger partial charge on any atom is 0.226 e. The van der Waals surface area contributed by atoms with Gasteiger partial charge < -0.3 is 5.32 Å². The molecule has 0 unspecified atom stereocenters. The highest BCUT2D eigenvalue weighted by atomic mass is 32.2. The number of hydrogen-bond donors (Lipinski definition) is 1. The van der Waals surface area contributed by atoms with Crippen LogP contribution in [0.5, 0.6) is 0 Å². The van der Waals surface area contributed by atoms with Gasteiger partial charge >= 0.3 is 0 Å². The van der Waals surface area contributed by atoms with E-state index in [0.717, 1.165) is 5.69 Å². The normalized spacial score (nSPS) is 22.5. The molecule has 1 aliphatic rings. The largest absolute Gasteiger partial charge is 0.302 e. The lowest BCUT2D eigenvalue weighted by atomic mass is 10.1. The molecule has 1 amide bonds. The number of nitrogens with zero attached hydrogens (tertiary/aromatic N) is 1. The van der Waals surface area contributed by atoms with Crippen LogP contribution in [-0.4, -0.2) is 30.8 Å². The van der Waals surface area contributed by atoms with E-state index in [1.807, 2.05) is 12.3 Å². The maximum absolute atomic E-state index is 11.6. The van der Waals surface area contributed by atoms with Gasteiger partial charge in [0, 0.05) is 11.8 Å². The second-order valence-electron chi connectivity index (χ2n) is 4.32. The summed E-state index contributed by atoms with van der Waals surface area (Å²) in [6, 6.07) is 0. The molecule has 0 aliphatic carbocycles. The van der Waals surface area contributed by atoms with Crippen molar-refractivity contribution in [3.8, 4) is 0 Å². The molecule has 1 atom stereocenters. The summed E-state index contributed by atoms with van der Waals surface area (Å²) in [4.78, 5) is 15.8. The number of thiazole rings is 1. The first-order valence-electron chi connectivity index (χ1n) is 5.37. The minimum Gasteiger partial charge on any atom is -0.302 e. The Hall–Kier alpha value is -0.950. The van der Waals surface area contributed by atoms with Crippen LogP contribution in [-0.2, 0) is 14.6 Å². The van der Waals surface area contributed by atoms with Crippen LogP contribution in [0.15, 0.2) is 5.38 Å². The third kappa shape index (κ3) is 3.50. The minimum absolute atomic E-state index is 0.0407. The Balaban J connectivity index is 1.86. The number of nitrogens with one attached hydrogen (secondary N) is 1. The molecule has 2 rings (SSSR count). The summed E-state index contributed by atoms with van der Waals surface area (Å²) < 4.78 is 22.5. The number of hydrogen-bond acceptors (Lipinski definition) is 5. The van der Waals surface area contributed by atoms with E-state index in [0.29, 0.717) is 11.6 Å². The van der Waals surface area contributed by atoms with Gasteiger partial charge in [0.25, 0.3) is 0 Å². The summed E-state index contributed by atoms with van der Waals surface area (Å²) in [7, 11) is -2.90. The lowest BCUT2D eigenvalue weighted by Gasteiger charge is -2.06. The zero-order valence-corrected chi connectivity index (χ0v) is 11.1. The molecule has 0 radical (unpaired) electrons. The monoisotopic (exact) mass is 274 g/mol. The van der Waals surface area contributed by atoms with E-state index in [9.17, 15) is 13.2 Å². The van der Waals surface area contributed by atoms with Crippen LogP contribution in [0.4, 0.5) is 5.13 Å². The molecule has 94 valence electrons. The predicted molar refractivity (Wildman–Crippen MR) is 66.9 cm³/mol. The number of anilines is 1. The summed E-state index contributed by atoms with van der Waals surface area (Å²) in [5.41, 5.74) is 0.869. The van der Waals surface area contributed by atoms with Crippen molar-refractivity contribution in [2.75, 3.05) is 16.8 Å². The van der Waals surface area contributed by atoms with Crippen molar-refractivity contribution in [1.82, 2.24) is 4.98 Å². The third-order valence-corrected chi connectivity index (χ3v) is 5.38. The minimum atomic E-state index is -2.90. The van der Waals surface area contributed by atoms with Gasteiger partial charge in [-0.25, -0.2) is 13.4 Å². The number of rotatable bonds is 3. The van der Waals surface area contributed by atoms with E-state index in [2.05, 4.69) is 10.3 Å². The highest BCUT2D eigenvalue weighted by Gasteiger charge is 2.29. The smallest absolute Gasteiger partial charge is 0.226 e. The van der Waals surface area contributed by atoms with Crippen LogP contribution >= 0.6 is 11.3 Å². The van der Waals surface area contributed by atoms with Gasteiger partial charge in [0.05, 0.1) is 17.2 Å². The van der Waals surface area contributed by atoms with Crippen LogP contribution in [0, 0.1) is 12.8 Å². The molecule has 1 aromatic rings. The quantitative estimate of drug-likeness (QED) is 0.899. The molecule has 1 aliphatic heterocycles. The van der Waals surface area contributed by atoms with Crippen molar-refractivity contribution in [2.45, 2.75) is 19.8 Å². The van der Waals surface area contributed by atoms with Gasteiger partial charge in [0.2, 0.25) is 5.91 Å². The number of sulfone groups is 1. The Morgan fingerprint density at radius 1 is 1.65 bits per heavy atom. The van der Waals surface area contributed by atoms with E-state index in [1.165, 1.54) is 11.3 Å². The summed E-state index contributed by atoms with van der Waals surface area (Å²) in [5.74, 6) is 0.154. The van der Waals surface area contributed by atoms with Crippen LogP contribution in [0.25, 0.3) is 0 Å². The van der Waals surface area contributed by atoms with E-state index >= 15 is 0 Å². The average molecular weight is 274 g/mol. The number of carbonyl (C=O) groups excluding carboxylic acids is 1. The molecule has 2 heterocycles. The molecule has 0 aromatic carbocycles. The molecular weight excluding hydrogens is 260 g/mol. The number of aromatic nitrogens is 1. The Labute approximate surface area is 104 Å². The molecule has 0 bridgehead atoms. The van der Waals surface area contributed by atoms with Gasteiger partial charge in [-0.3, -0.25) is 4.79 Å². The fraction of sp³-hybridized carbons (Fsp3) is 0.600. The zero-order valence-electron chi connectivity index (χ0n) is 9.47. The van der Waals surface area contributed by atoms with Gasteiger partial charge in [-0.1, -0.05) is 0 Å². The van der Waals surface area contributed by atoms with Crippen molar-refractivity contribution in [1.29, 1.82) is 0 Å². The fourth-order valence-corrected chi connectivity index (χ4v) is 4.44. The van der Waals surface area contributed by atoms with Gasteiger partial charge in [-0.05, 0) is 19.3 Å². The van der Waals surface area contributed by atoms with Crippen molar-refractivity contribution in [3.63, 3.8) is 0 Å². The summed E-state index contributed by atoms with van der Waals surface area (Å²) in [6.07, 6.45) is 0.852. The molecule has 17 heavy (non-hydrogen) atoms. The van der Waals surface area contributed by atoms with E-state index in [-0.39, 0.29) is 29.8 Å². The molecule has 5 nitrogen and oxygen atoms in total. The molecular formula is C10H14N2O3S2. The third-order valence-electron chi connectivity index (χ3n) is 2.67. The highest BCUT2D eigenvalue weighted by molar-refractivity contribution is 7.91. The van der Waals surface area contributed by atoms with Crippen LogP contribution in [0.1, 0.15) is 18.5 Å². The van der Waals surface area contributed by atoms with Crippen molar-refractivity contribution >= 4 is 32.2 Å². The van der Waals surface area contributed by atoms with Gasteiger partial charge in [0.15, 0.2) is 15.0 Å². The molecule has 1 N–H and O–H groups in total. The maximum atomic E-state index is 11.6. The Morgan fingerprint density at radius 3 is 2.94 bits per heavy atom. The molecule has 1 fully saturated rings. The van der Waals surface area contributed by atoms with Crippen molar-refractivity contribution in [3.05, 3.63) is 11.1 Å². The summed E-state index contributed by atoms with van der Waals surface area (Å²) in [6.45, 7) is 1.86. The Morgan fingerprint density at radius 2 is 2.41 bits per heavy atom. The van der Waals surface area contributed by atoms with Crippen molar-refractivity contribution in [2.24, 2.45) is 5.92 Å². The number of amides is 1. The standard InChI is InChI=1S/C10H14N2O3S2/c1-7-5-16-10(11-7)12-9(13)4-8-2-3-17(14,15)6-8/h5,8H,2-4,6H2,1H3,(H,11,12,13)/t8-/m1/s1. The second kappa shape index (κ2) is 4.73. The molecule has 1 aromatic heterocycles. The summed E-state index contributed by atoms with van der Waals surface area (Å²) in [5, 5.41) is 5.12. The van der Waals surface area contributed by atoms with E-state index in [4.69, 9.17) is 0 Å². The van der Waals surface area contributed by atoms with Gasteiger partial charge in [-0.15, -0.1) is 11.3 Å². The first-order chi connectivity index (χ1) is 7.94. The first kappa shape index (κ1) is 12.5. The molecule has 7 heteroatoms. The van der Waals surface area contributed by atoms with Gasteiger partial charge in [-0.2, -0.15) is 0 Å². The van der Waals surface area contributed by atoms with Crippen LogP contribution < -0.4 is 5.32 Å². The van der Waals surface area contributed by atoms with Crippen molar-refractivity contribution < 1.29 is 13.2 Å².